The molecule has 0 amide bonds. The van der Waals surface area contributed by atoms with Gasteiger partial charge in [-0.1, -0.05) is 0 Å². The molecule has 0 unspecified atom stereocenters. The van der Waals surface area contributed by atoms with E-state index < -0.39 is 5.82 Å². The monoisotopic (exact) mass is 266 g/mol. The molecule has 0 aromatic carbocycles. The van der Waals surface area contributed by atoms with Crippen LogP contribution in [-0.2, 0) is 4.74 Å². The molecule has 1 atom stereocenters. The highest BCUT2D eigenvalue weighted by Crippen LogP contribution is 2.20. The third-order valence-corrected chi connectivity index (χ3v) is 3.91. The standard InChI is InChI=1S/C13H19FN4O/c14-10-7-15-13(16-8-10)17-11-1-4-18(5-2-11)12-3-6-19-9-12/h7-8,11-12H,1-6,9H2,(H,15,16,17)/t12-/m1/s1. The molecule has 0 saturated carbocycles. The Morgan fingerprint density at radius 3 is 2.58 bits per heavy atom. The Morgan fingerprint density at radius 1 is 1.21 bits per heavy atom. The van der Waals surface area contributed by atoms with E-state index in [0.717, 1.165) is 45.6 Å². The van der Waals surface area contributed by atoms with Gasteiger partial charge >= 0.3 is 0 Å². The zero-order valence-electron chi connectivity index (χ0n) is 10.9. The average Bonchev–Trinajstić information content (AvgIpc) is 2.96. The number of anilines is 1. The molecule has 104 valence electrons. The van der Waals surface area contributed by atoms with E-state index in [4.69, 9.17) is 4.74 Å². The summed E-state index contributed by atoms with van der Waals surface area (Å²) in [6, 6.07) is 0.979. The Kier molecular flexibility index (Phi) is 3.89. The lowest BCUT2D eigenvalue weighted by atomic mass is 10.0. The van der Waals surface area contributed by atoms with Crippen LogP contribution < -0.4 is 5.32 Å². The van der Waals surface area contributed by atoms with Crippen LogP contribution in [0.4, 0.5) is 10.3 Å². The van der Waals surface area contributed by atoms with Gasteiger partial charge in [-0.05, 0) is 19.3 Å². The zero-order valence-corrected chi connectivity index (χ0v) is 10.9. The van der Waals surface area contributed by atoms with Crippen molar-refractivity contribution in [2.24, 2.45) is 0 Å². The van der Waals surface area contributed by atoms with Crippen molar-refractivity contribution in [3.05, 3.63) is 18.2 Å². The number of nitrogens with zero attached hydrogens (tertiary/aromatic N) is 3. The lowest BCUT2D eigenvalue weighted by Crippen LogP contribution is -2.45. The van der Waals surface area contributed by atoms with E-state index in [1.807, 2.05) is 0 Å². The molecule has 0 radical (unpaired) electrons. The van der Waals surface area contributed by atoms with E-state index in [1.54, 1.807) is 0 Å². The van der Waals surface area contributed by atoms with Crippen LogP contribution in [0, 0.1) is 5.82 Å². The molecule has 5 nitrogen and oxygen atoms in total. The Labute approximate surface area is 112 Å². The normalized spacial score (nSPS) is 25.6. The van der Waals surface area contributed by atoms with Crippen molar-refractivity contribution >= 4 is 5.95 Å². The summed E-state index contributed by atoms with van der Waals surface area (Å²) in [6.45, 7) is 3.92. The highest BCUT2D eigenvalue weighted by Gasteiger charge is 2.27. The number of ether oxygens (including phenoxy) is 1. The molecule has 2 aliphatic rings. The van der Waals surface area contributed by atoms with Crippen LogP contribution in [0.2, 0.25) is 0 Å². The van der Waals surface area contributed by atoms with Crippen LogP contribution in [0.3, 0.4) is 0 Å². The molecule has 3 rings (SSSR count). The number of halogens is 1. The maximum atomic E-state index is 12.7. The van der Waals surface area contributed by atoms with Crippen LogP contribution in [-0.4, -0.2) is 53.3 Å². The first-order valence-corrected chi connectivity index (χ1v) is 6.87. The van der Waals surface area contributed by atoms with Gasteiger partial charge < -0.3 is 10.1 Å². The molecular formula is C13H19FN4O. The van der Waals surface area contributed by atoms with Crippen LogP contribution in [0.25, 0.3) is 0 Å². The SMILES string of the molecule is Fc1cnc(NC2CCN([C@@H]3CCOC3)CC2)nc1. The fraction of sp³-hybridized carbons (Fsp3) is 0.692. The summed E-state index contributed by atoms with van der Waals surface area (Å²) in [5, 5.41) is 3.27. The molecular weight excluding hydrogens is 247 g/mol. The molecule has 19 heavy (non-hydrogen) atoms. The third-order valence-electron chi connectivity index (χ3n) is 3.91. The van der Waals surface area contributed by atoms with Crippen molar-refractivity contribution in [1.29, 1.82) is 0 Å². The quantitative estimate of drug-likeness (QED) is 0.893. The minimum absolute atomic E-state index is 0.379. The molecule has 1 aromatic heterocycles. The maximum absolute atomic E-state index is 12.7. The Balaban J connectivity index is 1.48. The fourth-order valence-corrected chi connectivity index (χ4v) is 2.79. The molecule has 0 spiro atoms. The first-order chi connectivity index (χ1) is 9.31. The second kappa shape index (κ2) is 5.79. The van der Waals surface area contributed by atoms with E-state index >= 15 is 0 Å². The molecule has 2 aliphatic heterocycles. The van der Waals surface area contributed by atoms with Crippen molar-refractivity contribution in [1.82, 2.24) is 14.9 Å². The van der Waals surface area contributed by atoms with Crippen LogP contribution in [0.1, 0.15) is 19.3 Å². The van der Waals surface area contributed by atoms with Crippen molar-refractivity contribution in [3.8, 4) is 0 Å². The van der Waals surface area contributed by atoms with Crippen molar-refractivity contribution in [2.45, 2.75) is 31.3 Å². The second-order valence-corrected chi connectivity index (χ2v) is 5.20. The highest BCUT2D eigenvalue weighted by atomic mass is 19.1. The number of hydrogen-bond acceptors (Lipinski definition) is 5. The number of likely N-dealkylation sites (tertiary alicyclic amines) is 1. The summed E-state index contributed by atoms with van der Waals surface area (Å²) >= 11 is 0. The smallest absolute Gasteiger partial charge is 0.222 e. The average molecular weight is 266 g/mol. The maximum Gasteiger partial charge on any atom is 0.222 e. The van der Waals surface area contributed by atoms with E-state index in [9.17, 15) is 4.39 Å². The van der Waals surface area contributed by atoms with Crippen molar-refractivity contribution in [3.63, 3.8) is 0 Å². The second-order valence-electron chi connectivity index (χ2n) is 5.20. The summed E-state index contributed by atoms with van der Waals surface area (Å²) in [5.41, 5.74) is 0. The van der Waals surface area contributed by atoms with Crippen molar-refractivity contribution in [2.75, 3.05) is 31.6 Å². The number of piperidine rings is 1. The number of rotatable bonds is 3. The summed E-state index contributed by atoms with van der Waals surface area (Å²) in [6.07, 6.45) is 5.67. The van der Waals surface area contributed by atoms with Gasteiger partial charge in [0.2, 0.25) is 5.95 Å². The molecule has 3 heterocycles. The topological polar surface area (TPSA) is 50.3 Å². The highest BCUT2D eigenvalue weighted by molar-refractivity contribution is 5.24. The van der Waals surface area contributed by atoms with Gasteiger partial charge in [0.15, 0.2) is 5.82 Å². The first kappa shape index (κ1) is 12.7. The zero-order chi connectivity index (χ0) is 13.1. The largest absolute Gasteiger partial charge is 0.380 e. The van der Waals surface area contributed by atoms with Gasteiger partial charge in [-0.3, -0.25) is 4.90 Å². The molecule has 0 aliphatic carbocycles. The van der Waals surface area contributed by atoms with Gasteiger partial charge in [-0.25, -0.2) is 14.4 Å². The summed E-state index contributed by atoms with van der Waals surface area (Å²) < 4.78 is 18.1. The van der Waals surface area contributed by atoms with Gasteiger partial charge in [-0.15, -0.1) is 0 Å². The van der Waals surface area contributed by atoms with E-state index in [2.05, 4.69) is 20.2 Å². The van der Waals surface area contributed by atoms with Crippen LogP contribution in [0.5, 0.6) is 0 Å². The predicted molar refractivity (Wildman–Crippen MR) is 69.4 cm³/mol. The molecule has 1 aromatic rings. The van der Waals surface area contributed by atoms with Gasteiger partial charge in [0.05, 0.1) is 19.0 Å². The van der Waals surface area contributed by atoms with Gasteiger partial charge in [0, 0.05) is 31.8 Å². The number of aromatic nitrogens is 2. The van der Waals surface area contributed by atoms with E-state index in [0.29, 0.717) is 18.0 Å². The summed E-state index contributed by atoms with van der Waals surface area (Å²) in [5.74, 6) is 0.116. The Morgan fingerprint density at radius 2 is 1.95 bits per heavy atom. The van der Waals surface area contributed by atoms with E-state index in [1.165, 1.54) is 12.4 Å². The predicted octanol–water partition coefficient (Wildman–Crippen LogP) is 1.28. The molecule has 0 bridgehead atoms. The summed E-state index contributed by atoms with van der Waals surface area (Å²) in [7, 11) is 0. The number of hydrogen-bond donors (Lipinski definition) is 1. The minimum Gasteiger partial charge on any atom is -0.380 e. The van der Waals surface area contributed by atoms with Crippen molar-refractivity contribution < 1.29 is 9.13 Å². The lowest BCUT2D eigenvalue weighted by Gasteiger charge is -2.35. The van der Waals surface area contributed by atoms with Gasteiger partial charge in [0.25, 0.3) is 0 Å². The van der Waals surface area contributed by atoms with Gasteiger partial charge in [0.1, 0.15) is 0 Å². The van der Waals surface area contributed by atoms with E-state index in [-0.39, 0.29) is 0 Å². The molecule has 1 N–H and O–H groups in total. The van der Waals surface area contributed by atoms with Crippen LogP contribution in [0.15, 0.2) is 12.4 Å². The summed E-state index contributed by atoms with van der Waals surface area (Å²) in [4.78, 5) is 10.4. The lowest BCUT2D eigenvalue weighted by molar-refractivity contribution is 0.124. The fourth-order valence-electron chi connectivity index (χ4n) is 2.79. The van der Waals surface area contributed by atoms with Crippen LogP contribution >= 0.6 is 0 Å². The third kappa shape index (κ3) is 3.19. The van der Waals surface area contributed by atoms with Gasteiger partial charge in [-0.2, -0.15) is 0 Å². The molecule has 2 fully saturated rings. The first-order valence-electron chi connectivity index (χ1n) is 6.87. The molecule has 2 saturated heterocycles. The molecule has 6 heteroatoms. The minimum atomic E-state index is -0.401. The Hall–Kier alpha value is -1.27. The Bertz CT molecular complexity index is 400. The number of nitrogens with one attached hydrogen (secondary N) is 1.